The molecule has 0 spiro atoms. The Balaban J connectivity index is 1.72. The molecule has 1 N–H and O–H groups in total. The van der Waals surface area contributed by atoms with Crippen molar-refractivity contribution in [1.29, 1.82) is 0 Å². The van der Waals surface area contributed by atoms with E-state index in [1.807, 2.05) is 6.92 Å². The number of piperidine rings is 1. The second kappa shape index (κ2) is 6.83. The Hall–Kier alpha value is -2.22. The Morgan fingerprint density at radius 3 is 3.00 bits per heavy atom. The SMILES string of the molecule is Cc1nc(N2CCC[C@@H](c3n[nH]c(=O)o3)C2)c2c(CC(C)C)csc2n1. The van der Waals surface area contributed by atoms with Crippen LogP contribution in [-0.2, 0) is 6.42 Å². The normalized spacial score (nSPS) is 18.2. The van der Waals surface area contributed by atoms with Gasteiger partial charge in [-0.2, -0.15) is 0 Å². The fourth-order valence-electron chi connectivity index (χ4n) is 3.69. The first-order chi connectivity index (χ1) is 12.5. The van der Waals surface area contributed by atoms with E-state index in [1.165, 1.54) is 10.9 Å². The quantitative estimate of drug-likeness (QED) is 0.755. The van der Waals surface area contributed by atoms with Crippen molar-refractivity contribution in [3.05, 3.63) is 33.2 Å². The first kappa shape index (κ1) is 17.2. The summed E-state index contributed by atoms with van der Waals surface area (Å²) in [6, 6.07) is 0. The molecule has 4 heterocycles. The van der Waals surface area contributed by atoms with Crippen molar-refractivity contribution in [2.75, 3.05) is 18.0 Å². The number of fused-ring (bicyclic) bond motifs is 1. The van der Waals surface area contributed by atoms with E-state index in [0.717, 1.165) is 48.8 Å². The number of thiophene rings is 1. The summed E-state index contributed by atoms with van der Waals surface area (Å²) in [6.45, 7) is 8.09. The summed E-state index contributed by atoms with van der Waals surface area (Å²) in [6.07, 6.45) is 2.99. The van der Waals surface area contributed by atoms with Crippen LogP contribution < -0.4 is 10.7 Å². The molecule has 0 aromatic carbocycles. The van der Waals surface area contributed by atoms with Gasteiger partial charge in [0.05, 0.1) is 11.3 Å². The fraction of sp³-hybridized carbons (Fsp3) is 0.556. The van der Waals surface area contributed by atoms with Crippen LogP contribution in [0.5, 0.6) is 0 Å². The summed E-state index contributed by atoms with van der Waals surface area (Å²) in [5.74, 6) is 2.48. The highest BCUT2D eigenvalue weighted by molar-refractivity contribution is 7.17. The Morgan fingerprint density at radius 1 is 1.42 bits per heavy atom. The number of aryl methyl sites for hydroxylation is 1. The summed E-state index contributed by atoms with van der Waals surface area (Å²) < 4.78 is 5.20. The van der Waals surface area contributed by atoms with E-state index in [0.29, 0.717) is 11.8 Å². The van der Waals surface area contributed by atoms with Gasteiger partial charge in [-0.25, -0.2) is 19.9 Å². The number of aromatic nitrogens is 4. The molecule has 1 aliphatic rings. The van der Waals surface area contributed by atoms with Crippen molar-refractivity contribution < 1.29 is 4.42 Å². The minimum Gasteiger partial charge on any atom is -0.392 e. The van der Waals surface area contributed by atoms with E-state index in [2.05, 4.69) is 39.3 Å². The van der Waals surface area contributed by atoms with E-state index in [-0.39, 0.29) is 5.92 Å². The standard InChI is InChI=1S/C18H23N5O2S/c1-10(2)7-13-9-26-17-14(13)15(19-11(3)20-17)23-6-4-5-12(8-23)16-21-22-18(24)25-16/h9-10,12H,4-8H2,1-3H3,(H,22,24)/t12-/m1/s1. The number of aromatic amines is 1. The van der Waals surface area contributed by atoms with Crippen molar-refractivity contribution in [2.24, 2.45) is 5.92 Å². The number of hydrogen-bond donors (Lipinski definition) is 1. The van der Waals surface area contributed by atoms with E-state index < -0.39 is 5.76 Å². The van der Waals surface area contributed by atoms with Crippen LogP contribution in [-0.4, -0.2) is 33.3 Å². The number of nitrogens with zero attached hydrogens (tertiary/aromatic N) is 4. The molecule has 0 aliphatic carbocycles. The zero-order chi connectivity index (χ0) is 18.3. The lowest BCUT2D eigenvalue weighted by Crippen LogP contribution is -2.35. The van der Waals surface area contributed by atoms with Crippen LogP contribution in [0.3, 0.4) is 0 Å². The van der Waals surface area contributed by atoms with Crippen LogP contribution in [0, 0.1) is 12.8 Å². The largest absolute Gasteiger partial charge is 0.434 e. The average molecular weight is 373 g/mol. The van der Waals surface area contributed by atoms with Crippen molar-refractivity contribution >= 4 is 27.4 Å². The van der Waals surface area contributed by atoms with Crippen molar-refractivity contribution in [1.82, 2.24) is 20.2 Å². The molecule has 3 aromatic rings. The molecule has 138 valence electrons. The molecule has 4 rings (SSSR count). The fourth-order valence-corrected chi connectivity index (χ4v) is 4.68. The lowest BCUT2D eigenvalue weighted by atomic mass is 9.97. The Labute approximate surface area is 155 Å². The molecule has 0 amide bonds. The van der Waals surface area contributed by atoms with Gasteiger partial charge in [-0.05, 0) is 43.0 Å². The van der Waals surface area contributed by atoms with Crippen LogP contribution in [0.1, 0.15) is 49.9 Å². The van der Waals surface area contributed by atoms with E-state index in [9.17, 15) is 4.79 Å². The monoisotopic (exact) mass is 373 g/mol. The number of nitrogens with one attached hydrogen (secondary N) is 1. The van der Waals surface area contributed by atoms with Crippen LogP contribution >= 0.6 is 11.3 Å². The molecule has 3 aromatic heterocycles. The van der Waals surface area contributed by atoms with Gasteiger partial charge in [0, 0.05) is 13.1 Å². The molecule has 8 heteroatoms. The summed E-state index contributed by atoms with van der Waals surface area (Å²) >= 11 is 1.69. The minimum absolute atomic E-state index is 0.0974. The van der Waals surface area contributed by atoms with Gasteiger partial charge < -0.3 is 9.32 Å². The highest BCUT2D eigenvalue weighted by Gasteiger charge is 2.28. The summed E-state index contributed by atoms with van der Waals surface area (Å²) in [4.78, 5) is 24.1. The van der Waals surface area contributed by atoms with Gasteiger partial charge in [0.15, 0.2) is 0 Å². The zero-order valence-electron chi connectivity index (χ0n) is 15.3. The second-order valence-corrected chi connectivity index (χ2v) is 8.23. The van der Waals surface area contributed by atoms with Gasteiger partial charge in [-0.1, -0.05) is 13.8 Å². The van der Waals surface area contributed by atoms with Gasteiger partial charge in [-0.15, -0.1) is 16.4 Å². The smallest absolute Gasteiger partial charge is 0.392 e. The first-order valence-corrected chi connectivity index (χ1v) is 9.94. The maximum Gasteiger partial charge on any atom is 0.434 e. The van der Waals surface area contributed by atoms with Gasteiger partial charge >= 0.3 is 5.76 Å². The van der Waals surface area contributed by atoms with Crippen LogP contribution in [0.15, 0.2) is 14.6 Å². The van der Waals surface area contributed by atoms with E-state index in [4.69, 9.17) is 9.40 Å². The molecule has 1 atom stereocenters. The molecule has 1 fully saturated rings. The highest BCUT2D eigenvalue weighted by atomic mass is 32.1. The third-order valence-electron chi connectivity index (χ3n) is 4.76. The van der Waals surface area contributed by atoms with Crippen molar-refractivity contribution in [3.63, 3.8) is 0 Å². The van der Waals surface area contributed by atoms with Gasteiger partial charge in [0.1, 0.15) is 16.5 Å². The van der Waals surface area contributed by atoms with E-state index in [1.54, 1.807) is 11.3 Å². The number of rotatable bonds is 4. The zero-order valence-corrected chi connectivity index (χ0v) is 16.1. The molecule has 0 saturated carbocycles. The maximum absolute atomic E-state index is 11.3. The Bertz CT molecular complexity index is 974. The predicted molar refractivity (Wildman–Crippen MR) is 102 cm³/mol. The molecule has 1 aliphatic heterocycles. The van der Waals surface area contributed by atoms with Crippen LogP contribution in [0.25, 0.3) is 10.2 Å². The first-order valence-electron chi connectivity index (χ1n) is 9.06. The molecular weight excluding hydrogens is 350 g/mol. The Morgan fingerprint density at radius 2 is 2.27 bits per heavy atom. The highest BCUT2D eigenvalue weighted by Crippen LogP contribution is 2.36. The molecule has 0 bridgehead atoms. The van der Waals surface area contributed by atoms with Gasteiger partial charge in [-0.3, -0.25) is 0 Å². The van der Waals surface area contributed by atoms with Gasteiger partial charge in [0.25, 0.3) is 0 Å². The number of anilines is 1. The van der Waals surface area contributed by atoms with Crippen molar-refractivity contribution in [2.45, 2.75) is 46.0 Å². The van der Waals surface area contributed by atoms with Crippen molar-refractivity contribution in [3.8, 4) is 0 Å². The summed E-state index contributed by atoms with van der Waals surface area (Å²) in [5, 5.41) is 9.80. The van der Waals surface area contributed by atoms with Crippen LogP contribution in [0.2, 0.25) is 0 Å². The molecule has 0 radical (unpaired) electrons. The predicted octanol–water partition coefficient (Wildman–Crippen LogP) is 3.26. The van der Waals surface area contributed by atoms with Gasteiger partial charge in [0.2, 0.25) is 5.89 Å². The second-order valence-electron chi connectivity index (χ2n) is 7.37. The lowest BCUT2D eigenvalue weighted by Gasteiger charge is -2.32. The van der Waals surface area contributed by atoms with E-state index >= 15 is 0 Å². The third-order valence-corrected chi connectivity index (χ3v) is 5.68. The number of H-pyrrole nitrogens is 1. The molecule has 7 nitrogen and oxygen atoms in total. The molecule has 0 unspecified atom stereocenters. The molecule has 1 saturated heterocycles. The third kappa shape index (κ3) is 3.25. The summed E-state index contributed by atoms with van der Waals surface area (Å²) in [7, 11) is 0. The maximum atomic E-state index is 11.3. The molecular formula is C18H23N5O2S. The average Bonchev–Trinajstić information content (AvgIpc) is 3.20. The summed E-state index contributed by atoms with van der Waals surface area (Å²) in [5.41, 5.74) is 1.32. The molecule has 26 heavy (non-hydrogen) atoms. The number of hydrogen-bond acceptors (Lipinski definition) is 7. The Kier molecular flexibility index (Phi) is 4.52. The van der Waals surface area contributed by atoms with Crippen LogP contribution in [0.4, 0.5) is 5.82 Å². The lowest BCUT2D eigenvalue weighted by molar-refractivity contribution is 0.384. The minimum atomic E-state index is -0.491. The topological polar surface area (TPSA) is 87.9 Å².